The van der Waals surface area contributed by atoms with E-state index in [2.05, 4.69) is 0 Å². The smallest absolute Gasteiger partial charge is 0.261 e. The van der Waals surface area contributed by atoms with Crippen molar-refractivity contribution in [3.8, 4) is 17.1 Å². The summed E-state index contributed by atoms with van der Waals surface area (Å²) in [6.07, 6.45) is 0.570. The van der Waals surface area contributed by atoms with Crippen LogP contribution in [-0.2, 0) is 13.0 Å². The molecule has 0 aliphatic rings. The van der Waals surface area contributed by atoms with E-state index in [1.165, 1.54) is 12.1 Å². The fraction of sp³-hybridized carbons (Fsp3) is 0.111. The average molecular weight is 424 g/mol. The molecule has 0 aliphatic carbocycles. The van der Waals surface area contributed by atoms with Gasteiger partial charge < -0.3 is 4.74 Å². The first-order valence-corrected chi connectivity index (χ1v) is 10.5. The minimum Gasteiger partial charge on any atom is -0.496 e. The summed E-state index contributed by atoms with van der Waals surface area (Å²) in [6, 6.07) is 25.6. The van der Waals surface area contributed by atoms with Gasteiger partial charge in [-0.2, -0.15) is 0 Å². The molecule has 0 bridgehead atoms. The van der Waals surface area contributed by atoms with Gasteiger partial charge in [-0.1, -0.05) is 54.6 Å². The third kappa shape index (κ3) is 3.52. The number of hydrogen-bond acceptors (Lipinski definition) is 3. The van der Waals surface area contributed by atoms with E-state index in [0.29, 0.717) is 35.4 Å². The van der Waals surface area contributed by atoms with Crippen molar-refractivity contribution >= 4 is 21.7 Å². The SMILES string of the molecule is COc1ccc2ccccc2c1-c1nc2ccccc2c(=O)n1CCc1ccc(F)cc1. The van der Waals surface area contributed by atoms with Gasteiger partial charge in [0.2, 0.25) is 0 Å². The van der Waals surface area contributed by atoms with Crippen molar-refractivity contribution in [3.63, 3.8) is 0 Å². The Morgan fingerprint density at radius 2 is 1.59 bits per heavy atom. The van der Waals surface area contributed by atoms with Gasteiger partial charge in [-0.05, 0) is 53.1 Å². The summed E-state index contributed by atoms with van der Waals surface area (Å²) in [5.74, 6) is 0.936. The van der Waals surface area contributed by atoms with Gasteiger partial charge in [0.25, 0.3) is 5.56 Å². The van der Waals surface area contributed by atoms with Crippen LogP contribution in [-0.4, -0.2) is 16.7 Å². The first-order chi connectivity index (χ1) is 15.7. The van der Waals surface area contributed by atoms with Crippen LogP contribution in [0.2, 0.25) is 0 Å². The third-order valence-corrected chi connectivity index (χ3v) is 5.73. The molecule has 1 aromatic heterocycles. The maximum Gasteiger partial charge on any atom is 0.261 e. The Hall–Kier alpha value is -3.99. The zero-order valence-electron chi connectivity index (χ0n) is 17.6. The molecule has 5 rings (SSSR count). The number of nitrogens with zero attached hydrogens (tertiary/aromatic N) is 2. The summed E-state index contributed by atoms with van der Waals surface area (Å²) < 4.78 is 20.7. The number of aromatic nitrogens is 2. The highest BCUT2D eigenvalue weighted by Crippen LogP contribution is 2.36. The Morgan fingerprint density at radius 1 is 0.875 bits per heavy atom. The van der Waals surface area contributed by atoms with Gasteiger partial charge in [-0.15, -0.1) is 0 Å². The second-order valence-electron chi connectivity index (χ2n) is 7.65. The van der Waals surface area contributed by atoms with Crippen LogP contribution < -0.4 is 10.3 Å². The number of aryl methyl sites for hydroxylation is 1. The van der Waals surface area contributed by atoms with Gasteiger partial charge in [-0.25, -0.2) is 9.37 Å². The first kappa shape index (κ1) is 19.9. The minimum atomic E-state index is -0.278. The maximum absolute atomic E-state index is 13.6. The molecule has 0 amide bonds. The summed E-state index contributed by atoms with van der Waals surface area (Å²) in [4.78, 5) is 18.5. The molecule has 4 aromatic carbocycles. The molecule has 1 heterocycles. The molecule has 5 heteroatoms. The number of hydrogen-bond donors (Lipinski definition) is 0. The van der Waals surface area contributed by atoms with Crippen molar-refractivity contribution in [1.29, 1.82) is 0 Å². The summed E-state index contributed by atoms with van der Waals surface area (Å²) in [7, 11) is 1.62. The van der Waals surface area contributed by atoms with Crippen molar-refractivity contribution in [1.82, 2.24) is 9.55 Å². The van der Waals surface area contributed by atoms with E-state index in [0.717, 1.165) is 21.9 Å². The van der Waals surface area contributed by atoms with E-state index in [-0.39, 0.29) is 11.4 Å². The topological polar surface area (TPSA) is 44.1 Å². The van der Waals surface area contributed by atoms with E-state index < -0.39 is 0 Å². The lowest BCUT2D eigenvalue weighted by Gasteiger charge is -2.18. The molecule has 0 aliphatic heterocycles. The fourth-order valence-electron chi connectivity index (χ4n) is 4.11. The van der Waals surface area contributed by atoms with E-state index in [9.17, 15) is 9.18 Å². The van der Waals surface area contributed by atoms with Crippen LogP contribution in [0.25, 0.3) is 33.1 Å². The van der Waals surface area contributed by atoms with E-state index in [1.54, 1.807) is 29.9 Å². The van der Waals surface area contributed by atoms with Crippen LogP contribution in [0, 0.1) is 5.82 Å². The number of halogens is 1. The van der Waals surface area contributed by atoms with Crippen molar-refractivity contribution in [3.05, 3.63) is 107 Å². The molecule has 0 radical (unpaired) electrons. The zero-order chi connectivity index (χ0) is 22.1. The Labute approximate surface area is 184 Å². The van der Waals surface area contributed by atoms with Gasteiger partial charge >= 0.3 is 0 Å². The largest absolute Gasteiger partial charge is 0.496 e. The van der Waals surface area contributed by atoms with Crippen LogP contribution in [0.4, 0.5) is 4.39 Å². The van der Waals surface area contributed by atoms with E-state index in [4.69, 9.17) is 9.72 Å². The lowest BCUT2D eigenvalue weighted by Crippen LogP contribution is -2.24. The second kappa shape index (κ2) is 8.27. The van der Waals surface area contributed by atoms with Crippen molar-refractivity contribution < 1.29 is 9.13 Å². The Bertz CT molecular complexity index is 1490. The molecule has 5 aromatic rings. The van der Waals surface area contributed by atoms with Gasteiger partial charge in [0.1, 0.15) is 17.4 Å². The molecule has 0 N–H and O–H groups in total. The van der Waals surface area contributed by atoms with E-state index in [1.807, 2.05) is 54.6 Å². The molecule has 0 saturated heterocycles. The Kier molecular flexibility index (Phi) is 5.15. The summed E-state index contributed by atoms with van der Waals surface area (Å²) >= 11 is 0. The molecule has 0 atom stereocenters. The van der Waals surface area contributed by atoms with Gasteiger partial charge in [-0.3, -0.25) is 9.36 Å². The Morgan fingerprint density at radius 3 is 2.38 bits per heavy atom. The van der Waals surface area contributed by atoms with Gasteiger partial charge in [0, 0.05) is 6.54 Å². The number of fused-ring (bicyclic) bond motifs is 2. The average Bonchev–Trinajstić information content (AvgIpc) is 2.83. The van der Waals surface area contributed by atoms with Crippen LogP contribution in [0.3, 0.4) is 0 Å². The molecule has 0 fully saturated rings. The highest BCUT2D eigenvalue weighted by Gasteiger charge is 2.19. The number of methoxy groups -OCH3 is 1. The van der Waals surface area contributed by atoms with Crippen LogP contribution in [0.1, 0.15) is 5.56 Å². The predicted molar refractivity (Wildman–Crippen MR) is 126 cm³/mol. The standard InChI is InChI=1S/C27H21FN2O2/c1-32-24-15-12-19-6-2-3-7-21(19)25(24)26-29-23-9-5-4-8-22(23)27(31)30(26)17-16-18-10-13-20(28)14-11-18/h2-15H,16-17H2,1H3. The van der Waals surface area contributed by atoms with Gasteiger partial charge in [0.05, 0.1) is 23.6 Å². The normalized spacial score (nSPS) is 11.2. The van der Waals surface area contributed by atoms with Crippen LogP contribution >= 0.6 is 0 Å². The monoisotopic (exact) mass is 424 g/mol. The maximum atomic E-state index is 13.6. The highest BCUT2D eigenvalue weighted by atomic mass is 19.1. The summed E-state index contributed by atoms with van der Waals surface area (Å²) in [5.41, 5.74) is 2.26. The molecule has 0 spiro atoms. The molecule has 32 heavy (non-hydrogen) atoms. The van der Waals surface area contributed by atoms with Crippen LogP contribution in [0.5, 0.6) is 5.75 Å². The lowest BCUT2D eigenvalue weighted by molar-refractivity contribution is 0.416. The number of benzene rings is 4. The lowest BCUT2D eigenvalue weighted by atomic mass is 10.0. The molecular formula is C27H21FN2O2. The second-order valence-corrected chi connectivity index (χ2v) is 7.65. The minimum absolute atomic E-state index is 0.109. The molecule has 0 unspecified atom stereocenters. The number of rotatable bonds is 5. The summed E-state index contributed by atoms with van der Waals surface area (Å²) in [5, 5.41) is 2.56. The summed E-state index contributed by atoms with van der Waals surface area (Å²) in [6.45, 7) is 0.407. The molecule has 158 valence electrons. The number of ether oxygens (including phenoxy) is 1. The predicted octanol–water partition coefficient (Wildman–Crippen LogP) is 5.61. The fourth-order valence-corrected chi connectivity index (χ4v) is 4.11. The molecule has 4 nitrogen and oxygen atoms in total. The van der Waals surface area contributed by atoms with Crippen molar-refractivity contribution in [2.45, 2.75) is 13.0 Å². The quantitative estimate of drug-likeness (QED) is 0.369. The molecular weight excluding hydrogens is 403 g/mol. The highest BCUT2D eigenvalue weighted by molar-refractivity contribution is 5.99. The third-order valence-electron chi connectivity index (χ3n) is 5.73. The first-order valence-electron chi connectivity index (χ1n) is 10.5. The van der Waals surface area contributed by atoms with Gasteiger partial charge in [0.15, 0.2) is 0 Å². The molecule has 0 saturated carbocycles. The van der Waals surface area contributed by atoms with E-state index >= 15 is 0 Å². The van der Waals surface area contributed by atoms with Crippen molar-refractivity contribution in [2.75, 3.05) is 7.11 Å². The number of para-hydroxylation sites is 1. The Balaban J connectivity index is 1.76. The van der Waals surface area contributed by atoms with Crippen LogP contribution in [0.15, 0.2) is 89.7 Å². The van der Waals surface area contributed by atoms with Crippen molar-refractivity contribution in [2.24, 2.45) is 0 Å². The zero-order valence-corrected chi connectivity index (χ0v) is 17.6.